The van der Waals surface area contributed by atoms with Crippen molar-refractivity contribution >= 4 is 11.4 Å². The van der Waals surface area contributed by atoms with Gasteiger partial charge in [-0.3, -0.25) is 15.1 Å². The first-order valence-electron chi connectivity index (χ1n) is 6.16. The molecule has 20 heavy (non-hydrogen) atoms. The lowest BCUT2D eigenvalue weighted by atomic mass is 10.2. The normalized spacial score (nSPS) is 10.1. The van der Waals surface area contributed by atoms with Crippen LogP contribution >= 0.6 is 0 Å². The highest BCUT2D eigenvalue weighted by molar-refractivity contribution is 5.57. The molecule has 1 aromatic heterocycles. The Labute approximate surface area is 116 Å². The largest absolute Gasteiger partial charge is 0.490 e. The lowest BCUT2D eigenvalue weighted by molar-refractivity contribution is -0.385. The second-order valence-electron chi connectivity index (χ2n) is 4.18. The molecular formula is C14H15N3O3. The molecule has 6 heteroatoms. The SMILES string of the molecule is COc1cc(NCCc2ccncc2)ccc1[N+](=O)[O-]. The van der Waals surface area contributed by atoms with Crippen molar-refractivity contribution in [1.29, 1.82) is 0 Å². The van der Waals surface area contributed by atoms with Gasteiger partial charge in [0.15, 0.2) is 5.75 Å². The Kier molecular flexibility index (Phi) is 4.49. The molecule has 0 atom stereocenters. The number of aromatic nitrogens is 1. The summed E-state index contributed by atoms with van der Waals surface area (Å²) in [7, 11) is 1.42. The summed E-state index contributed by atoms with van der Waals surface area (Å²) in [6.07, 6.45) is 4.36. The van der Waals surface area contributed by atoms with Crippen LogP contribution in [0.2, 0.25) is 0 Å². The van der Waals surface area contributed by atoms with Crippen molar-refractivity contribution in [3.63, 3.8) is 0 Å². The molecule has 0 saturated heterocycles. The van der Waals surface area contributed by atoms with Gasteiger partial charge in [-0.1, -0.05) is 0 Å². The van der Waals surface area contributed by atoms with Gasteiger partial charge < -0.3 is 10.1 Å². The van der Waals surface area contributed by atoms with Gasteiger partial charge in [0, 0.05) is 36.8 Å². The van der Waals surface area contributed by atoms with E-state index in [1.165, 1.54) is 18.7 Å². The second-order valence-corrected chi connectivity index (χ2v) is 4.18. The van der Waals surface area contributed by atoms with E-state index in [0.717, 1.165) is 18.7 Å². The van der Waals surface area contributed by atoms with E-state index in [2.05, 4.69) is 10.3 Å². The average Bonchev–Trinajstić information content (AvgIpc) is 2.48. The van der Waals surface area contributed by atoms with Crippen molar-refractivity contribution in [1.82, 2.24) is 4.98 Å². The van der Waals surface area contributed by atoms with Crippen LogP contribution in [0, 0.1) is 10.1 Å². The summed E-state index contributed by atoms with van der Waals surface area (Å²) < 4.78 is 5.02. The molecule has 1 aromatic carbocycles. The number of nitro groups is 1. The summed E-state index contributed by atoms with van der Waals surface area (Å²) in [6, 6.07) is 8.65. The molecule has 1 N–H and O–H groups in total. The van der Waals surface area contributed by atoms with Crippen LogP contribution in [0.3, 0.4) is 0 Å². The van der Waals surface area contributed by atoms with E-state index in [1.54, 1.807) is 24.5 Å². The molecule has 0 amide bonds. The number of hydrogen-bond donors (Lipinski definition) is 1. The number of ether oxygens (including phenoxy) is 1. The maximum atomic E-state index is 10.8. The van der Waals surface area contributed by atoms with Crippen LogP contribution in [0.5, 0.6) is 5.75 Å². The summed E-state index contributed by atoms with van der Waals surface area (Å²) in [5.74, 6) is 0.254. The molecule has 0 aliphatic heterocycles. The third kappa shape index (κ3) is 3.44. The number of nitro benzene ring substituents is 1. The first-order valence-corrected chi connectivity index (χ1v) is 6.16. The van der Waals surface area contributed by atoms with Crippen molar-refractivity contribution < 1.29 is 9.66 Å². The number of hydrogen-bond acceptors (Lipinski definition) is 5. The summed E-state index contributed by atoms with van der Waals surface area (Å²) in [5, 5.41) is 14.0. The van der Waals surface area contributed by atoms with Crippen LogP contribution in [-0.2, 0) is 6.42 Å². The molecule has 0 radical (unpaired) electrons. The first kappa shape index (κ1) is 13.8. The van der Waals surface area contributed by atoms with E-state index < -0.39 is 4.92 Å². The fourth-order valence-corrected chi connectivity index (χ4v) is 1.84. The standard InChI is InChI=1S/C14H15N3O3/c1-20-14-10-12(2-3-13(14)17(18)19)16-9-6-11-4-7-15-8-5-11/h2-5,7-8,10,16H,6,9H2,1H3. The van der Waals surface area contributed by atoms with Gasteiger partial charge in [0.05, 0.1) is 12.0 Å². The van der Waals surface area contributed by atoms with Crippen molar-refractivity contribution in [3.05, 3.63) is 58.4 Å². The second kappa shape index (κ2) is 6.51. The van der Waals surface area contributed by atoms with Crippen molar-refractivity contribution in [2.24, 2.45) is 0 Å². The van der Waals surface area contributed by atoms with Crippen molar-refractivity contribution in [2.45, 2.75) is 6.42 Å². The highest BCUT2D eigenvalue weighted by Crippen LogP contribution is 2.29. The lowest BCUT2D eigenvalue weighted by Gasteiger charge is -2.08. The summed E-state index contributed by atoms with van der Waals surface area (Å²) in [5.41, 5.74) is 1.94. The predicted octanol–water partition coefficient (Wildman–Crippen LogP) is 2.65. The number of rotatable bonds is 6. The van der Waals surface area contributed by atoms with E-state index in [4.69, 9.17) is 4.74 Å². The Balaban J connectivity index is 1.98. The smallest absolute Gasteiger partial charge is 0.311 e. The van der Waals surface area contributed by atoms with Gasteiger partial charge in [0.25, 0.3) is 0 Å². The molecule has 6 nitrogen and oxygen atoms in total. The van der Waals surface area contributed by atoms with Crippen LogP contribution in [0.15, 0.2) is 42.7 Å². The fourth-order valence-electron chi connectivity index (χ4n) is 1.84. The Bertz CT molecular complexity index is 587. The zero-order valence-corrected chi connectivity index (χ0v) is 11.1. The zero-order valence-electron chi connectivity index (χ0n) is 11.1. The van der Waals surface area contributed by atoms with Gasteiger partial charge in [-0.05, 0) is 30.2 Å². The molecule has 104 valence electrons. The van der Waals surface area contributed by atoms with Gasteiger partial charge >= 0.3 is 5.69 Å². The molecule has 2 aromatic rings. The van der Waals surface area contributed by atoms with Gasteiger partial charge in [-0.15, -0.1) is 0 Å². The topological polar surface area (TPSA) is 77.3 Å². The Morgan fingerprint density at radius 1 is 1.30 bits per heavy atom. The quantitative estimate of drug-likeness (QED) is 0.646. The molecule has 0 aliphatic carbocycles. The number of nitrogens with zero attached hydrogens (tertiary/aromatic N) is 2. The maximum absolute atomic E-state index is 10.8. The average molecular weight is 273 g/mol. The molecular weight excluding hydrogens is 258 g/mol. The molecule has 0 saturated carbocycles. The zero-order chi connectivity index (χ0) is 14.4. The van der Waals surface area contributed by atoms with E-state index in [0.29, 0.717) is 0 Å². The van der Waals surface area contributed by atoms with Crippen molar-refractivity contribution in [3.8, 4) is 5.75 Å². The Hall–Kier alpha value is -2.63. The Morgan fingerprint density at radius 2 is 2.05 bits per heavy atom. The number of nitrogens with one attached hydrogen (secondary N) is 1. The number of methoxy groups -OCH3 is 1. The lowest BCUT2D eigenvalue weighted by Crippen LogP contribution is -2.05. The summed E-state index contributed by atoms with van der Waals surface area (Å²) in [6.45, 7) is 0.727. The van der Waals surface area contributed by atoms with Gasteiger partial charge in [0.1, 0.15) is 0 Å². The fraction of sp³-hybridized carbons (Fsp3) is 0.214. The third-order valence-corrected chi connectivity index (χ3v) is 2.87. The molecule has 2 rings (SSSR count). The highest BCUT2D eigenvalue weighted by Gasteiger charge is 2.14. The van der Waals surface area contributed by atoms with Crippen LogP contribution in [-0.4, -0.2) is 23.6 Å². The van der Waals surface area contributed by atoms with Crippen LogP contribution < -0.4 is 10.1 Å². The molecule has 0 bridgehead atoms. The maximum Gasteiger partial charge on any atom is 0.311 e. The number of benzene rings is 1. The van der Waals surface area contributed by atoms with E-state index in [9.17, 15) is 10.1 Å². The monoisotopic (exact) mass is 273 g/mol. The van der Waals surface area contributed by atoms with E-state index >= 15 is 0 Å². The van der Waals surface area contributed by atoms with Crippen LogP contribution in [0.1, 0.15) is 5.56 Å². The van der Waals surface area contributed by atoms with E-state index in [-0.39, 0.29) is 11.4 Å². The van der Waals surface area contributed by atoms with Gasteiger partial charge in [0.2, 0.25) is 0 Å². The predicted molar refractivity (Wildman–Crippen MR) is 76.1 cm³/mol. The first-order chi connectivity index (χ1) is 9.70. The minimum atomic E-state index is -0.459. The van der Waals surface area contributed by atoms with Crippen molar-refractivity contribution in [2.75, 3.05) is 19.0 Å². The van der Waals surface area contributed by atoms with Crippen LogP contribution in [0.4, 0.5) is 11.4 Å². The third-order valence-electron chi connectivity index (χ3n) is 2.87. The van der Waals surface area contributed by atoms with E-state index in [1.807, 2.05) is 12.1 Å². The molecule has 1 heterocycles. The summed E-state index contributed by atoms with van der Waals surface area (Å²) in [4.78, 5) is 14.3. The van der Waals surface area contributed by atoms with Crippen LogP contribution in [0.25, 0.3) is 0 Å². The molecule has 0 fully saturated rings. The minimum Gasteiger partial charge on any atom is -0.490 e. The molecule has 0 aliphatic rings. The van der Waals surface area contributed by atoms with Gasteiger partial charge in [-0.2, -0.15) is 0 Å². The number of pyridine rings is 1. The summed E-state index contributed by atoms with van der Waals surface area (Å²) >= 11 is 0. The number of anilines is 1. The minimum absolute atomic E-state index is 0.0350. The van der Waals surface area contributed by atoms with Gasteiger partial charge in [-0.25, -0.2) is 0 Å². The Morgan fingerprint density at radius 3 is 2.70 bits per heavy atom. The molecule has 0 spiro atoms. The highest BCUT2D eigenvalue weighted by atomic mass is 16.6. The molecule has 0 unspecified atom stereocenters.